The van der Waals surface area contributed by atoms with Crippen molar-refractivity contribution in [2.24, 2.45) is 0 Å². The van der Waals surface area contributed by atoms with Crippen LogP contribution in [0.5, 0.6) is 0 Å². The van der Waals surface area contributed by atoms with Crippen molar-refractivity contribution >= 4 is 35.1 Å². The van der Waals surface area contributed by atoms with E-state index in [9.17, 15) is 9.59 Å². The molecule has 0 aromatic rings. The molecule has 0 unspecified atom stereocenters. The van der Waals surface area contributed by atoms with Gasteiger partial charge in [-0.1, -0.05) is 42.9 Å². The van der Waals surface area contributed by atoms with Crippen LogP contribution in [0.15, 0.2) is 35.9 Å². The molecule has 0 saturated heterocycles. The summed E-state index contributed by atoms with van der Waals surface area (Å²) >= 11 is 9.69. The summed E-state index contributed by atoms with van der Waals surface area (Å²) in [6.45, 7) is 11.1. The van der Waals surface area contributed by atoms with Crippen LogP contribution in [0.2, 0.25) is 0 Å². The lowest BCUT2D eigenvalue weighted by atomic mass is 10.4. The third-order valence-electron chi connectivity index (χ3n) is 1.04. The summed E-state index contributed by atoms with van der Waals surface area (Å²) in [5.74, 6) is -0.848. The van der Waals surface area contributed by atoms with E-state index in [0.717, 1.165) is 6.08 Å². The van der Waals surface area contributed by atoms with Gasteiger partial charge in [0.25, 0.3) is 0 Å². The fourth-order valence-electron chi connectivity index (χ4n) is 0.345. The fourth-order valence-corrected chi connectivity index (χ4v) is 0.345. The van der Waals surface area contributed by atoms with Crippen molar-refractivity contribution in [3.8, 4) is 0 Å². The number of halogens is 2. The van der Waals surface area contributed by atoms with Gasteiger partial charge in [0.1, 0.15) is 6.61 Å². The van der Waals surface area contributed by atoms with Crippen LogP contribution in [0.25, 0.3) is 0 Å². The number of hydrogen-bond acceptors (Lipinski definition) is 5. The monoisotopic (exact) mass is 312 g/mol. The normalized spacial score (nSPS) is 7.63. The average molecular weight is 313 g/mol. The van der Waals surface area contributed by atoms with E-state index in [1.54, 1.807) is 6.92 Å². The van der Waals surface area contributed by atoms with Gasteiger partial charge in [0.05, 0.1) is 18.2 Å². The van der Waals surface area contributed by atoms with Gasteiger partial charge in [0.2, 0.25) is 0 Å². The fraction of sp³-hybridized carbons (Fsp3) is 0.333. The van der Waals surface area contributed by atoms with Crippen LogP contribution in [0.3, 0.4) is 0 Å². The first-order chi connectivity index (χ1) is 8.72. The standard InChI is InChI=1S/C6H10O3.C4H6O2.C2H2Cl2/c1-5(2)6(8)9-4-3-7;1-3-4(5)6-2;1-2(3)4/h7H,1,3-4H2,2H3;3H,1H2,2H3;1H2. The average Bonchev–Trinajstić information content (AvgIpc) is 2.34. The Kier molecular flexibility index (Phi) is 20.1. The predicted octanol–water partition coefficient (Wildman–Crippen LogP) is 2.38. The Morgan fingerprint density at radius 2 is 1.74 bits per heavy atom. The van der Waals surface area contributed by atoms with Gasteiger partial charge in [-0.15, -0.1) is 0 Å². The molecule has 0 aliphatic carbocycles. The van der Waals surface area contributed by atoms with E-state index in [2.05, 4.69) is 29.2 Å². The van der Waals surface area contributed by atoms with E-state index in [-0.39, 0.29) is 17.7 Å². The molecule has 7 heteroatoms. The molecule has 0 aromatic carbocycles. The summed E-state index contributed by atoms with van der Waals surface area (Å²) in [5.41, 5.74) is 0.350. The lowest BCUT2D eigenvalue weighted by Crippen LogP contribution is -2.08. The second kappa shape index (κ2) is 16.7. The topological polar surface area (TPSA) is 72.8 Å². The van der Waals surface area contributed by atoms with Crippen molar-refractivity contribution in [2.45, 2.75) is 6.92 Å². The number of methoxy groups -OCH3 is 1. The minimum atomic E-state index is -0.455. The summed E-state index contributed by atoms with van der Waals surface area (Å²) in [7, 11) is 1.31. The van der Waals surface area contributed by atoms with E-state index in [1.165, 1.54) is 7.11 Å². The summed E-state index contributed by atoms with van der Waals surface area (Å²) in [6.07, 6.45) is 1.11. The highest BCUT2D eigenvalue weighted by Crippen LogP contribution is 1.98. The molecule has 5 nitrogen and oxygen atoms in total. The molecule has 0 atom stereocenters. The number of aliphatic hydroxyl groups is 1. The molecule has 1 N–H and O–H groups in total. The summed E-state index contributed by atoms with van der Waals surface area (Å²) in [4.78, 5) is 20.3. The van der Waals surface area contributed by atoms with Crippen molar-refractivity contribution in [3.63, 3.8) is 0 Å². The Morgan fingerprint density at radius 1 is 1.32 bits per heavy atom. The van der Waals surface area contributed by atoms with E-state index >= 15 is 0 Å². The zero-order chi connectivity index (χ0) is 15.8. The predicted molar refractivity (Wildman–Crippen MR) is 75.9 cm³/mol. The molecule has 0 heterocycles. The largest absolute Gasteiger partial charge is 0.466 e. The van der Waals surface area contributed by atoms with Crippen LogP contribution in [0, 0.1) is 0 Å². The summed E-state index contributed by atoms with van der Waals surface area (Å²) < 4.78 is 8.72. The van der Waals surface area contributed by atoms with Crippen LogP contribution in [-0.2, 0) is 19.1 Å². The molecular weight excluding hydrogens is 295 g/mol. The summed E-state index contributed by atoms with van der Waals surface area (Å²) in [5, 5.41) is 8.19. The second-order valence-electron chi connectivity index (χ2n) is 2.71. The maximum Gasteiger partial charge on any atom is 0.333 e. The van der Waals surface area contributed by atoms with Crippen LogP contribution in [-0.4, -0.2) is 37.4 Å². The van der Waals surface area contributed by atoms with Crippen LogP contribution in [0.1, 0.15) is 6.92 Å². The Balaban J connectivity index is -0.000000222. The minimum Gasteiger partial charge on any atom is -0.466 e. The van der Waals surface area contributed by atoms with Crippen molar-refractivity contribution < 1.29 is 24.2 Å². The van der Waals surface area contributed by atoms with Crippen molar-refractivity contribution in [3.05, 3.63) is 35.9 Å². The quantitative estimate of drug-likeness (QED) is 0.637. The Morgan fingerprint density at radius 3 is 1.89 bits per heavy atom. The number of ether oxygens (including phenoxy) is 2. The van der Waals surface area contributed by atoms with Gasteiger partial charge in [-0.05, 0) is 6.92 Å². The Hall–Kier alpha value is -1.30. The molecule has 110 valence electrons. The van der Waals surface area contributed by atoms with Gasteiger partial charge in [-0.25, -0.2) is 9.59 Å². The molecule has 0 radical (unpaired) electrons. The first-order valence-electron chi connectivity index (χ1n) is 4.86. The number of aliphatic hydroxyl groups excluding tert-OH is 1. The molecule has 0 fully saturated rings. The van der Waals surface area contributed by atoms with E-state index in [0.29, 0.717) is 5.57 Å². The van der Waals surface area contributed by atoms with Crippen LogP contribution >= 0.6 is 23.2 Å². The van der Waals surface area contributed by atoms with Crippen molar-refractivity contribution in [1.82, 2.24) is 0 Å². The molecule has 0 bridgehead atoms. The second-order valence-corrected chi connectivity index (χ2v) is 3.81. The molecule has 0 rings (SSSR count). The zero-order valence-corrected chi connectivity index (χ0v) is 12.5. The number of carbonyl (C=O) groups excluding carboxylic acids is 2. The zero-order valence-electron chi connectivity index (χ0n) is 10.9. The van der Waals surface area contributed by atoms with Gasteiger partial charge in [0, 0.05) is 11.6 Å². The minimum absolute atomic E-state index is 0.0473. The summed E-state index contributed by atoms with van der Waals surface area (Å²) in [6, 6.07) is 0. The van der Waals surface area contributed by atoms with Gasteiger partial charge in [-0.2, -0.15) is 0 Å². The lowest BCUT2D eigenvalue weighted by molar-refractivity contribution is -0.140. The molecular formula is C12H18Cl2O5. The molecule has 0 aromatic heterocycles. The van der Waals surface area contributed by atoms with Crippen LogP contribution < -0.4 is 0 Å². The number of hydrogen-bond donors (Lipinski definition) is 1. The third-order valence-corrected chi connectivity index (χ3v) is 1.04. The number of carbonyl (C=O) groups is 2. The molecule has 19 heavy (non-hydrogen) atoms. The van der Waals surface area contributed by atoms with Crippen molar-refractivity contribution in [1.29, 1.82) is 0 Å². The lowest BCUT2D eigenvalue weighted by Gasteiger charge is -1.99. The third kappa shape index (κ3) is 31.5. The molecule has 0 amide bonds. The first kappa shape index (κ1) is 22.8. The highest BCUT2D eigenvalue weighted by Gasteiger charge is 1.99. The van der Waals surface area contributed by atoms with Gasteiger partial charge in [0.15, 0.2) is 0 Å². The van der Waals surface area contributed by atoms with Gasteiger partial charge >= 0.3 is 11.9 Å². The maximum atomic E-state index is 10.5. The maximum absolute atomic E-state index is 10.5. The van der Waals surface area contributed by atoms with E-state index in [4.69, 9.17) is 28.3 Å². The van der Waals surface area contributed by atoms with Crippen molar-refractivity contribution in [2.75, 3.05) is 20.3 Å². The molecule has 0 spiro atoms. The highest BCUT2D eigenvalue weighted by atomic mass is 35.5. The number of rotatable bonds is 4. The smallest absolute Gasteiger partial charge is 0.333 e. The van der Waals surface area contributed by atoms with Gasteiger partial charge in [-0.3, -0.25) is 0 Å². The molecule has 0 aliphatic rings. The SMILES string of the molecule is C=C(C)C(=O)OCCO.C=C(Cl)Cl.C=CC(=O)OC. The first-order valence-corrected chi connectivity index (χ1v) is 5.62. The van der Waals surface area contributed by atoms with E-state index in [1.807, 2.05) is 0 Å². The van der Waals surface area contributed by atoms with E-state index < -0.39 is 11.9 Å². The van der Waals surface area contributed by atoms with Crippen LogP contribution in [0.4, 0.5) is 0 Å². The number of esters is 2. The Bertz CT molecular complexity index is 309. The Labute approximate surface area is 123 Å². The highest BCUT2D eigenvalue weighted by molar-refractivity contribution is 6.55. The van der Waals surface area contributed by atoms with Gasteiger partial charge < -0.3 is 14.6 Å². The molecule has 0 saturated carbocycles. The molecule has 0 aliphatic heterocycles.